The fourth-order valence-corrected chi connectivity index (χ4v) is 6.93. The molecule has 0 saturated carbocycles. The first-order valence-corrected chi connectivity index (χ1v) is 15.9. The maximum atomic E-state index is 14.0. The van der Waals surface area contributed by atoms with Crippen LogP contribution in [-0.4, -0.2) is 81.7 Å². The van der Waals surface area contributed by atoms with Crippen molar-refractivity contribution in [2.24, 2.45) is 0 Å². The van der Waals surface area contributed by atoms with Gasteiger partial charge in [-0.1, -0.05) is 36.7 Å². The standard InChI is InChI=1S/C34H39ClN4O5/c1-2-30-25(8-11-32(36-30)44-29-9-6-23(7-10-29)33(40)41)21-37-16-12-28(13-17-37)39-31(24-4-3-5-26(35)20-24)22-38(34(39)42)27-14-18-43-19-15-27/h3-11,20,27-28,31H,2,12-19,21-22H2,1H3,(H,40,41)/t31-/m0/s1. The minimum atomic E-state index is -0.971. The molecule has 9 nitrogen and oxygen atoms in total. The molecule has 1 N–H and O–H groups in total. The van der Waals surface area contributed by atoms with Crippen LogP contribution in [0, 0.1) is 0 Å². The molecule has 0 spiro atoms. The second kappa shape index (κ2) is 13.5. The number of hydrogen-bond donors (Lipinski definition) is 1. The van der Waals surface area contributed by atoms with E-state index in [4.69, 9.17) is 31.2 Å². The summed E-state index contributed by atoms with van der Waals surface area (Å²) >= 11 is 6.39. The zero-order valence-electron chi connectivity index (χ0n) is 25.0. The number of hydrogen-bond acceptors (Lipinski definition) is 6. The van der Waals surface area contributed by atoms with Crippen molar-refractivity contribution in [3.05, 3.63) is 88.1 Å². The molecule has 3 saturated heterocycles. The van der Waals surface area contributed by atoms with E-state index in [0.29, 0.717) is 36.4 Å². The Balaban J connectivity index is 1.11. The lowest BCUT2D eigenvalue weighted by Gasteiger charge is -2.39. The number of benzene rings is 2. The number of carbonyl (C=O) groups excluding carboxylic acids is 1. The quantitative estimate of drug-likeness (QED) is 0.296. The summed E-state index contributed by atoms with van der Waals surface area (Å²) in [6, 6.07) is 18.7. The Kier molecular flexibility index (Phi) is 9.35. The molecule has 0 bridgehead atoms. The number of halogens is 1. The predicted molar refractivity (Wildman–Crippen MR) is 167 cm³/mol. The van der Waals surface area contributed by atoms with Crippen LogP contribution in [0.5, 0.6) is 11.6 Å². The van der Waals surface area contributed by atoms with Crippen LogP contribution >= 0.6 is 11.6 Å². The van der Waals surface area contributed by atoms with Gasteiger partial charge in [-0.15, -0.1) is 0 Å². The van der Waals surface area contributed by atoms with Crippen LogP contribution in [-0.2, 0) is 17.7 Å². The van der Waals surface area contributed by atoms with E-state index in [1.54, 1.807) is 12.1 Å². The van der Waals surface area contributed by atoms with E-state index in [9.17, 15) is 9.59 Å². The van der Waals surface area contributed by atoms with Crippen LogP contribution in [0.3, 0.4) is 0 Å². The number of carboxylic acids is 1. The lowest BCUT2D eigenvalue weighted by atomic mass is 9.98. The molecule has 0 aliphatic carbocycles. The van der Waals surface area contributed by atoms with Gasteiger partial charge < -0.3 is 24.4 Å². The zero-order valence-corrected chi connectivity index (χ0v) is 25.8. The monoisotopic (exact) mass is 618 g/mol. The Morgan fingerprint density at radius 1 is 1.02 bits per heavy atom. The van der Waals surface area contributed by atoms with E-state index < -0.39 is 5.97 Å². The van der Waals surface area contributed by atoms with Crippen LogP contribution < -0.4 is 4.74 Å². The topological polar surface area (TPSA) is 95.4 Å². The van der Waals surface area contributed by atoms with Crippen molar-refractivity contribution >= 4 is 23.6 Å². The molecule has 1 atom stereocenters. The van der Waals surface area contributed by atoms with Gasteiger partial charge in [0, 0.05) is 68.3 Å². The molecule has 3 aromatic rings. The summed E-state index contributed by atoms with van der Waals surface area (Å²) in [4.78, 5) is 36.5. The highest BCUT2D eigenvalue weighted by Crippen LogP contribution is 2.38. The number of ether oxygens (including phenoxy) is 2. The normalized spacial score (nSPS) is 20.3. The van der Waals surface area contributed by atoms with Gasteiger partial charge in [0.2, 0.25) is 5.88 Å². The number of carboxylic acid groups (broad SMARTS) is 1. The van der Waals surface area contributed by atoms with Crippen molar-refractivity contribution in [2.75, 3.05) is 32.8 Å². The first kappa shape index (κ1) is 30.4. The molecule has 2 aromatic carbocycles. The Morgan fingerprint density at radius 2 is 1.77 bits per heavy atom. The number of aromatic nitrogens is 1. The summed E-state index contributed by atoms with van der Waals surface area (Å²) in [5.41, 5.74) is 3.46. The van der Waals surface area contributed by atoms with Crippen LogP contribution in [0.4, 0.5) is 4.79 Å². The molecule has 6 rings (SSSR count). The Labute approximate surface area is 263 Å². The van der Waals surface area contributed by atoms with Gasteiger partial charge in [0.1, 0.15) is 5.75 Å². The third-order valence-electron chi connectivity index (χ3n) is 9.08. The van der Waals surface area contributed by atoms with Crippen molar-refractivity contribution < 1.29 is 24.2 Å². The summed E-state index contributed by atoms with van der Waals surface area (Å²) in [6.07, 6.45) is 4.36. The van der Waals surface area contributed by atoms with Crippen LogP contribution in [0.25, 0.3) is 0 Å². The van der Waals surface area contributed by atoms with E-state index in [1.165, 1.54) is 17.7 Å². The Bertz CT molecular complexity index is 1470. The van der Waals surface area contributed by atoms with E-state index in [1.807, 2.05) is 24.3 Å². The largest absolute Gasteiger partial charge is 0.478 e. The SMILES string of the molecule is CCc1nc(Oc2ccc(C(=O)O)cc2)ccc1CN1CCC(N2C(=O)N(C3CCOCC3)C[C@H]2c2cccc(Cl)c2)CC1. The number of nitrogens with zero attached hydrogens (tertiary/aromatic N) is 4. The lowest BCUT2D eigenvalue weighted by molar-refractivity contribution is 0.0493. The molecular formula is C34H39ClN4O5. The number of urea groups is 1. The number of pyridine rings is 1. The highest BCUT2D eigenvalue weighted by molar-refractivity contribution is 6.30. The minimum Gasteiger partial charge on any atom is -0.478 e. The van der Waals surface area contributed by atoms with Crippen molar-refractivity contribution in [1.29, 1.82) is 0 Å². The van der Waals surface area contributed by atoms with Crippen molar-refractivity contribution in [3.63, 3.8) is 0 Å². The highest BCUT2D eigenvalue weighted by atomic mass is 35.5. The predicted octanol–water partition coefficient (Wildman–Crippen LogP) is 6.41. The number of piperidine rings is 1. The molecular weight excluding hydrogens is 580 g/mol. The zero-order chi connectivity index (χ0) is 30.6. The summed E-state index contributed by atoms with van der Waals surface area (Å²) in [6.45, 7) is 6.76. The second-order valence-electron chi connectivity index (χ2n) is 11.8. The summed E-state index contributed by atoms with van der Waals surface area (Å²) in [5.74, 6) is 0.0598. The van der Waals surface area contributed by atoms with Gasteiger partial charge in [0.15, 0.2) is 0 Å². The van der Waals surface area contributed by atoms with Crippen molar-refractivity contribution in [1.82, 2.24) is 19.7 Å². The molecule has 10 heteroatoms. The fraction of sp³-hybridized carbons (Fsp3) is 0.441. The average molecular weight is 619 g/mol. The van der Waals surface area contributed by atoms with Crippen LogP contribution in [0.15, 0.2) is 60.7 Å². The lowest BCUT2D eigenvalue weighted by Crippen LogP contribution is -2.48. The Hall–Kier alpha value is -3.66. The highest BCUT2D eigenvalue weighted by Gasteiger charge is 2.45. The molecule has 44 heavy (non-hydrogen) atoms. The number of likely N-dealkylation sites (tertiary alicyclic amines) is 1. The van der Waals surface area contributed by atoms with E-state index in [-0.39, 0.29) is 29.7 Å². The Morgan fingerprint density at radius 3 is 2.45 bits per heavy atom. The van der Waals surface area contributed by atoms with Crippen molar-refractivity contribution in [3.8, 4) is 11.6 Å². The second-order valence-corrected chi connectivity index (χ2v) is 12.2. The molecule has 0 unspecified atom stereocenters. The van der Waals surface area contributed by atoms with Gasteiger partial charge in [0.05, 0.1) is 11.6 Å². The fourth-order valence-electron chi connectivity index (χ4n) is 6.73. The number of aromatic carboxylic acids is 1. The van der Waals surface area contributed by atoms with Gasteiger partial charge in [-0.05, 0) is 79.6 Å². The van der Waals surface area contributed by atoms with E-state index >= 15 is 0 Å². The number of carbonyl (C=O) groups is 2. The van der Waals surface area contributed by atoms with Gasteiger partial charge in [-0.3, -0.25) is 4.90 Å². The maximum Gasteiger partial charge on any atom is 0.335 e. The van der Waals surface area contributed by atoms with E-state index in [0.717, 1.165) is 63.0 Å². The van der Waals surface area contributed by atoms with Gasteiger partial charge in [-0.25, -0.2) is 14.6 Å². The summed E-state index contributed by atoms with van der Waals surface area (Å²) in [5, 5.41) is 9.82. The molecule has 4 heterocycles. The van der Waals surface area contributed by atoms with Crippen LogP contribution in [0.2, 0.25) is 5.02 Å². The first-order valence-electron chi connectivity index (χ1n) is 15.5. The molecule has 1 aromatic heterocycles. The average Bonchev–Trinajstić information content (AvgIpc) is 3.39. The number of rotatable bonds is 9. The van der Waals surface area contributed by atoms with Crippen molar-refractivity contribution in [2.45, 2.75) is 63.7 Å². The minimum absolute atomic E-state index is 0.00985. The first-order chi connectivity index (χ1) is 21.4. The van der Waals surface area contributed by atoms with E-state index in [2.05, 4.69) is 33.8 Å². The third kappa shape index (κ3) is 6.70. The molecule has 232 valence electrons. The molecule has 3 fully saturated rings. The summed E-state index contributed by atoms with van der Waals surface area (Å²) in [7, 11) is 0. The van der Waals surface area contributed by atoms with Gasteiger partial charge in [0.25, 0.3) is 0 Å². The molecule has 3 aliphatic heterocycles. The molecule has 3 aliphatic rings. The smallest absolute Gasteiger partial charge is 0.335 e. The molecule has 2 amide bonds. The third-order valence-corrected chi connectivity index (χ3v) is 9.32. The molecule has 0 radical (unpaired) electrons. The van der Waals surface area contributed by atoms with Crippen LogP contribution in [0.1, 0.15) is 65.8 Å². The van der Waals surface area contributed by atoms with Gasteiger partial charge >= 0.3 is 12.0 Å². The number of aryl methyl sites for hydroxylation is 1. The summed E-state index contributed by atoms with van der Waals surface area (Å²) < 4.78 is 11.5. The van der Waals surface area contributed by atoms with Gasteiger partial charge in [-0.2, -0.15) is 0 Å². The number of amides is 2. The maximum absolute atomic E-state index is 14.0.